The number of aromatic carboxylic acids is 1. The van der Waals surface area contributed by atoms with Gasteiger partial charge in [-0.2, -0.15) is 10.1 Å². The quantitative estimate of drug-likeness (QED) is 0.105. The summed E-state index contributed by atoms with van der Waals surface area (Å²) in [7, 11) is 1.68. The fraction of sp³-hybridized carbons (Fsp3) is 0.0476. The van der Waals surface area contributed by atoms with Gasteiger partial charge in [-0.05, 0) is 48.0 Å². The van der Waals surface area contributed by atoms with E-state index in [1.807, 2.05) is 0 Å². The lowest BCUT2D eigenvalue weighted by molar-refractivity contribution is -0.431. The molecule has 0 bridgehead atoms. The van der Waals surface area contributed by atoms with Crippen molar-refractivity contribution in [3.8, 4) is 11.3 Å². The molecule has 0 aromatic heterocycles. The minimum atomic E-state index is -1.38. The van der Waals surface area contributed by atoms with Crippen LogP contribution in [0.4, 0.5) is 11.4 Å². The van der Waals surface area contributed by atoms with Gasteiger partial charge in [-0.25, -0.2) is 14.8 Å². The Bertz CT molecular complexity index is 1200. The van der Waals surface area contributed by atoms with Gasteiger partial charge in [-0.15, -0.1) is 4.33 Å². The van der Waals surface area contributed by atoms with Crippen LogP contribution in [0.3, 0.4) is 0 Å². The number of nitrogens with zero attached hydrogens (tertiary/aromatic N) is 3. The highest BCUT2D eigenvalue weighted by Gasteiger charge is 2.35. The molecule has 12 heteroatoms. The van der Waals surface area contributed by atoms with E-state index < -0.39 is 23.6 Å². The van der Waals surface area contributed by atoms with E-state index in [0.29, 0.717) is 23.3 Å². The third-order valence-electron chi connectivity index (χ3n) is 4.35. The predicted molar refractivity (Wildman–Crippen MR) is 119 cm³/mol. The molecule has 0 atom stereocenters. The van der Waals surface area contributed by atoms with Gasteiger partial charge in [0.05, 0.1) is 16.8 Å². The molecule has 168 valence electrons. The number of carbonyl (C=O) groups excluding carboxylic acids is 1. The molecule has 0 aliphatic carbocycles. The second-order valence-corrected chi connectivity index (χ2v) is 6.88. The first-order valence-electron chi connectivity index (χ1n) is 9.01. The van der Waals surface area contributed by atoms with E-state index in [2.05, 4.69) is 25.8 Å². The molecular formula is C21H15N3O8S. The summed E-state index contributed by atoms with van der Waals surface area (Å²) < 4.78 is 4.15. The maximum Gasteiger partial charge on any atom is 0.357 e. The summed E-state index contributed by atoms with van der Waals surface area (Å²) in [4.78, 5) is 37.1. The molecule has 1 heterocycles. The lowest BCUT2D eigenvalue weighted by Crippen LogP contribution is -2.22. The molecule has 11 nitrogen and oxygen atoms in total. The van der Waals surface area contributed by atoms with Crippen molar-refractivity contribution >= 4 is 53.1 Å². The van der Waals surface area contributed by atoms with Gasteiger partial charge in [0, 0.05) is 24.0 Å². The molecule has 3 rings (SSSR count). The Labute approximate surface area is 191 Å². The molecule has 0 saturated carbocycles. The number of anilines is 2. The van der Waals surface area contributed by atoms with Gasteiger partial charge in [0.1, 0.15) is 12.0 Å². The summed E-state index contributed by atoms with van der Waals surface area (Å²) in [6.45, 7) is 0. The molecule has 33 heavy (non-hydrogen) atoms. The highest BCUT2D eigenvalue weighted by Crippen LogP contribution is 2.26. The van der Waals surface area contributed by atoms with E-state index in [0.717, 1.165) is 5.01 Å². The lowest BCUT2D eigenvalue weighted by Gasteiger charge is -2.12. The van der Waals surface area contributed by atoms with Crippen molar-refractivity contribution in [2.75, 3.05) is 17.0 Å². The van der Waals surface area contributed by atoms with Crippen LogP contribution in [0.25, 0.3) is 6.08 Å². The second kappa shape index (κ2) is 10.4. The topological polar surface area (TPSA) is 149 Å². The Kier molecular flexibility index (Phi) is 7.44. The molecular weight excluding hydrogens is 454 g/mol. The smallest absolute Gasteiger partial charge is 0.357 e. The molecule has 1 amide bonds. The van der Waals surface area contributed by atoms with E-state index in [1.165, 1.54) is 30.3 Å². The zero-order chi connectivity index (χ0) is 24.0. The zero-order valence-electron chi connectivity index (χ0n) is 16.8. The van der Waals surface area contributed by atoms with Crippen molar-refractivity contribution in [3.05, 3.63) is 65.2 Å². The van der Waals surface area contributed by atoms with Crippen LogP contribution in [0.5, 0.6) is 0 Å². The highest BCUT2D eigenvalue weighted by molar-refractivity contribution is 7.99. The number of hydrazone groups is 1. The largest absolute Gasteiger partial charge is 0.478 e. The number of rotatable bonds is 7. The van der Waals surface area contributed by atoms with Crippen LogP contribution in [0.2, 0.25) is 0 Å². The van der Waals surface area contributed by atoms with Gasteiger partial charge >= 0.3 is 11.9 Å². The van der Waals surface area contributed by atoms with Crippen molar-refractivity contribution in [2.45, 2.75) is 0 Å². The number of carboxylic acids is 2. The van der Waals surface area contributed by atoms with E-state index in [9.17, 15) is 19.5 Å². The van der Waals surface area contributed by atoms with Crippen LogP contribution in [0.15, 0.2) is 59.2 Å². The van der Waals surface area contributed by atoms with E-state index in [1.54, 1.807) is 36.2 Å². The van der Waals surface area contributed by atoms with E-state index in [-0.39, 0.29) is 16.8 Å². The number of aliphatic carboxylic acids is 1. The predicted octanol–water partition coefficient (Wildman–Crippen LogP) is 2.68. The molecule has 3 N–H and O–H groups in total. The number of carboxylic acid groups (broad SMARTS) is 2. The standard InChI is InChI=1S/C21H15N3O8S/c1-23(10-11-33-32-31-30)15-6-2-13(3-7-15)12-17-18(21(28)29)22-24(19(17)25)16-8-4-14(5-9-16)20(26)27/h2-9,12,30H,1H3,(H,26,27)(H,28,29). The number of hydrogen-bond acceptors (Lipinski definition) is 9. The Morgan fingerprint density at radius 3 is 2.33 bits per heavy atom. The Morgan fingerprint density at radius 2 is 1.76 bits per heavy atom. The highest BCUT2D eigenvalue weighted by atomic mass is 32.2. The molecule has 1 aliphatic rings. The first-order chi connectivity index (χ1) is 15.8. The first-order valence-corrected chi connectivity index (χ1v) is 9.76. The normalized spacial score (nSPS) is 14.0. The molecule has 0 unspecified atom stereocenters. The van der Waals surface area contributed by atoms with Gasteiger partial charge in [0.25, 0.3) is 5.91 Å². The fourth-order valence-corrected chi connectivity index (χ4v) is 3.01. The van der Waals surface area contributed by atoms with Gasteiger partial charge in [0.15, 0.2) is 5.71 Å². The van der Waals surface area contributed by atoms with E-state index >= 15 is 0 Å². The summed E-state index contributed by atoms with van der Waals surface area (Å²) in [5.74, 6) is -3.17. The van der Waals surface area contributed by atoms with Gasteiger partial charge < -0.3 is 15.1 Å². The molecule has 0 spiro atoms. The van der Waals surface area contributed by atoms with Gasteiger partial charge in [0.2, 0.25) is 0 Å². The fourth-order valence-electron chi connectivity index (χ4n) is 2.77. The maximum atomic E-state index is 12.9. The van der Waals surface area contributed by atoms with Crippen LogP contribution in [0, 0.1) is 11.3 Å². The number of carbonyl (C=O) groups is 3. The second-order valence-electron chi connectivity index (χ2n) is 6.37. The lowest BCUT2D eigenvalue weighted by atomic mass is 10.1. The SMILES string of the molecule is CN(C#CSOOO)c1ccc(C=C2C(=O)N(c3ccc(C(=O)O)cc3)N=C2C(=O)O)cc1. The first kappa shape index (κ1) is 23.5. The molecule has 1 aliphatic heterocycles. The molecule has 0 radical (unpaired) electrons. The Hall–Kier alpha value is -4.15. The number of hydrogen-bond donors (Lipinski definition) is 3. The van der Waals surface area contributed by atoms with Crippen LogP contribution < -0.4 is 9.91 Å². The number of benzene rings is 2. The Balaban J connectivity index is 1.84. The van der Waals surface area contributed by atoms with Crippen molar-refractivity contribution in [2.24, 2.45) is 5.10 Å². The molecule has 2 aromatic rings. The van der Waals surface area contributed by atoms with Crippen molar-refractivity contribution < 1.29 is 39.2 Å². The summed E-state index contributed by atoms with van der Waals surface area (Å²) in [5.41, 5.74) is 0.940. The van der Waals surface area contributed by atoms with Crippen LogP contribution in [-0.2, 0) is 19.0 Å². The third kappa shape index (κ3) is 5.56. The zero-order valence-corrected chi connectivity index (χ0v) is 17.6. The molecule has 2 aromatic carbocycles. The average Bonchev–Trinajstić information content (AvgIpc) is 3.13. The van der Waals surface area contributed by atoms with Gasteiger partial charge in [-0.1, -0.05) is 17.2 Å². The molecule has 0 saturated heterocycles. The maximum absolute atomic E-state index is 12.9. The van der Waals surface area contributed by atoms with Crippen molar-refractivity contribution in [1.29, 1.82) is 0 Å². The summed E-state index contributed by atoms with van der Waals surface area (Å²) in [6, 6.07) is 14.8. The Morgan fingerprint density at radius 1 is 1.09 bits per heavy atom. The van der Waals surface area contributed by atoms with Crippen LogP contribution in [-0.4, -0.2) is 46.1 Å². The number of amides is 1. The average molecular weight is 469 g/mol. The monoisotopic (exact) mass is 469 g/mol. The third-order valence-corrected chi connectivity index (χ3v) is 4.65. The summed E-state index contributed by atoms with van der Waals surface area (Å²) in [6.07, 6.45) is 1.40. The summed E-state index contributed by atoms with van der Waals surface area (Å²) in [5, 5.41) is 37.3. The minimum Gasteiger partial charge on any atom is -0.478 e. The van der Waals surface area contributed by atoms with Crippen LogP contribution in [0.1, 0.15) is 15.9 Å². The summed E-state index contributed by atoms with van der Waals surface area (Å²) >= 11 is 0.580. The minimum absolute atomic E-state index is 0.0196. The molecule has 0 fully saturated rings. The van der Waals surface area contributed by atoms with E-state index in [4.69, 9.17) is 10.4 Å². The van der Waals surface area contributed by atoms with Crippen molar-refractivity contribution in [3.63, 3.8) is 0 Å². The van der Waals surface area contributed by atoms with Crippen molar-refractivity contribution in [1.82, 2.24) is 0 Å². The van der Waals surface area contributed by atoms with Crippen LogP contribution >= 0.6 is 12.0 Å². The van der Waals surface area contributed by atoms with Gasteiger partial charge in [-0.3, -0.25) is 4.79 Å².